The van der Waals surface area contributed by atoms with Crippen molar-refractivity contribution >= 4 is 29.5 Å². The number of hydrogen-bond donors (Lipinski definition) is 1. The molecule has 34 heavy (non-hydrogen) atoms. The van der Waals surface area contributed by atoms with E-state index >= 15 is 0 Å². The van der Waals surface area contributed by atoms with Gasteiger partial charge in [0.05, 0.1) is 16.1 Å². The van der Waals surface area contributed by atoms with Crippen molar-refractivity contribution in [1.82, 2.24) is 9.62 Å². The largest absolute Gasteiger partial charge is 0.494 e. The van der Waals surface area contributed by atoms with Crippen LogP contribution in [-0.4, -0.2) is 45.3 Å². The summed E-state index contributed by atoms with van der Waals surface area (Å²) in [6.07, 6.45) is 1.24. The van der Waals surface area contributed by atoms with Crippen molar-refractivity contribution in [3.05, 3.63) is 59.7 Å². The molecule has 2 aliphatic heterocycles. The predicted molar refractivity (Wildman–Crippen MR) is 126 cm³/mol. The zero-order valence-electron chi connectivity index (χ0n) is 19.8. The van der Waals surface area contributed by atoms with Crippen LogP contribution in [0.2, 0.25) is 0 Å². The molecule has 0 bridgehead atoms. The van der Waals surface area contributed by atoms with E-state index in [0.29, 0.717) is 35.3 Å². The summed E-state index contributed by atoms with van der Waals surface area (Å²) in [5.41, 5.74) is -0.0621. The van der Waals surface area contributed by atoms with Crippen molar-refractivity contribution < 1.29 is 27.1 Å². The van der Waals surface area contributed by atoms with Gasteiger partial charge in [-0.05, 0) is 76.3 Å². The van der Waals surface area contributed by atoms with Crippen LogP contribution in [0.15, 0.2) is 47.4 Å². The Kier molecular flexibility index (Phi) is 6.97. The van der Waals surface area contributed by atoms with E-state index in [1.165, 1.54) is 30.3 Å². The number of amides is 1. The molecule has 2 unspecified atom stereocenters. The van der Waals surface area contributed by atoms with Gasteiger partial charge in [0.1, 0.15) is 28.7 Å². The summed E-state index contributed by atoms with van der Waals surface area (Å²) in [4.78, 5) is 13.4. The second-order valence-electron chi connectivity index (χ2n) is 9.66. The highest BCUT2D eigenvalue weighted by molar-refractivity contribution is 7.82. The van der Waals surface area contributed by atoms with Gasteiger partial charge in [0.15, 0.2) is 0 Å². The van der Waals surface area contributed by atoms with Gasteiger partial charge >= 0.3 is 7.12 Å². The maximum absolute atomic E-state index is 14.5. The van der Waals surface area contributed by atoms with Gasteiger partial charge in [-0.2, -0.15) is 0 Å². The molecule has 2 heterocycles. The van der Waals surface area contributed by atoms with Crippen LogP contribution in [0.3, 0.4) is 0 Å². The molecule has 1 N–H and O–H groups in total. The Labute approximate surface area is 201 Å². The topological polar surface area (TPSA) is 67.9 Å². The lowest BCUT2D eigenvalue weighted by atomic mass is 9.78. The Balaban J connectivity index is 1.43. The molecule has 2 atom stereocenters. The van der Waals surface area contributed by atoms with Gasteiger partial charge in [-0.15, -0.1) is 0 Å². The molecular formula is C24H29BF2N2O4S. The summed E-state index contributed by atoms with van der Waals surface area (Å²) < 4.78 is 54.4. The third-order valence-electron chi connectivity index (χ3n) is 6.78. The maximum atomic E-state index is 14.5. The fourth-order valence-electron chi connectivity index (χ4n) is 4.04. The van der Waals surface area contributed by atoms with Gasteiger partial charge < -0.3 is 14.6 Å². The van der Waals surface area contributed by atoms with Crippen LogP contribution in [0.4, 0.5) is 8.78 Å². The van der Waals surface area contributed by atoms with Gasteiger partial charge in [-0.3, -0.25) is 4.79 Å². The monoisotopic (exact) mass is 490 g/mol. The molecule has 0 aromatic heterocycles. The Bertz CT molecular complexity index is 1080. The number of halogens is 2. The molecule has 2 aliphatic rings. The summed E-state index contributed by atoms with van der Waals surface area (Å²) in [6.45, 7) is 8.24. The lowest BCUT2D eigenvalue weighted by Crippen LogP contribution is -2.44. The average molecular weight is 490 g/mol. The molecule has 0 aliphatic carbocycles. The summed E-state index contributed by atoms with van der Waals surface area (Å²) in [5, 5.41) is 2.78. The summed E-state index contributed by atoms with van der Waals surface area (Å²) in [6, 6.07) is 9.38. The smallest absolute Gasteiger partial charge is 0.399 e. The van der Waals surface area contributed by atoms with Gasteiger partial charge in [-0.1, -0.05) is 12.1 Å². The second-order valence-corrected chi connectivity index (χ2v) is 11.1. The van der Waals surface area contributed by atoms with Crippen LogP contribution in [0.1, 0.15) is 46.1 Å². The number of rotatable bonds is 6. The highest BCUT2D eigenvalue weighted by Crippen LogP contribution is 2.36. The second kappa shape index (κ2) is 9.49. The number of carbonyl (C=O) groups excluding carboxylic acids is 1. The molecule has 2 aromatic rings. The first kappa shape index (κ1) is 25.0. The van der Waals surface area contributed by atoms with Gasteiger partial charge in [0.2, 0.25) is 5.91 Å². The lowest BCUT2D eigenvalue weighted by molar-refractivity contribution is -0.124. The molecule has 1 amide bonds. The van der Waals surface area contributed by atoms with Crippen LogP contribution in [0, 0.1) is 11.6 Å². The standard InChI is InChI=1S/C24H29BF2N2O4S/c1-23(2)24(3,4)33-25(32-23)17-7-12-20(27)16(14-17)15-28-22(30)21-6-5-13-29(21)34(31)19-10-8-18(26)9-11-19/h7-12,14,21H,5-6,13,15H2,1-4H3,(H,28,30). The quantitative estimate of drug-likeness (QED) is 0.633. The van der Waals surface area contributed by atoms with E-state index in [0.717, 1.165) is 0 Å². The predicted octanol–water partition coefficient (Wildman–Crippen LogP) is 3.07. The van der Waals surface area contributed by atoms with Crippen LogP contribution in [0.25, 0.3) is 0 Å². The van der Waals surface area contributed by atoms with E-state index in [4.69, 9.17) is 9.31 Å². The Morgan fingerprint density at radius 2 is 1.76 bits per heavy atom. The van der Waals surface area contributed by atoms with Crippen LogP contribution >= 0.6 is 0 Å². The number of nitrogens with one attached hydrogen (secondary N) is 1. The third-order valence-corrected chi connectivity index (χ3v) is 8.32. The maximum Gasteiger partial charge on any atom is 0.494 e. The third kappa shape index (κ3) is 4.95. The average Bonchev–Trinajstić information content (AvgIpc) is 3.35. The fourth-order valence-corrected chi connectivity index (χ4v) is 5.41. The van der Waals surface area contributed by atoms with E-state index in [1.54, 1.807) is 16.4 Å². The minimum Gasteiger partial charge on any atom is -0.399 e. The summed E-state index contributed by atoms with van der Waals surface area (Å²) in [5.74, 6) is -1.19. The SMILES string of the molecule is CC1(C)OB(c2ccc(F)c(CNC(=O)C3CCCN3S(=O)c3ccc(F)cc3)c2)OC1(C)C. The summed E-state index contributed by atoms with van der Waals surface area (Å²) in [7, 11) is -2.23. The minimum atomic E-state index is -1.59. The molecule has 6 nitrogen and oxygen atoms in total. The van der Waals surface area contributed by atoms with Crippen LogP contribution in [0.5, 0.6) is 0 Å². The molecule has 2 fully saturated rings. The van der Waals surface area contributed by atoms with E-state index in [2.05, 4.69) is 5.32 Å². The first-order valence-corrected chi connectivity index (χ1v) is 12.4. The number of benzene rings is 2. The molecule has 10 heteroatoms. The van der Waals surface area contributed by atoms with E-state index in [9.17, 15) is 17.8 Å². The van der Waals surface area contributed by atoms with Gasteiger partial charge in [0.25, 0.3) is 0 Å². The van der Waals surface area contributed by atoms with Crippen molar-refractivity contribution in [2.45, 2.75) is 69.2 Å². The first-order valence-electron chi connectivity index (χ1n) is 11.3. The zero-order valence-corrected chi connectivity index (χ0v) is 20.6. The molecule has 182 valence electrons. The molecule has 0 radical (unpaired) electrons. The van der Waals surface area contributed by atoms with Crippen molar-refractivity contribution in [1.29, 1.82) is 0 Å². The molecular weight excluding hydrogens is 461 g/mol. The first-order chi connectivity index (χ1) is 16.0. The Morgan fingerprint density at radius 3 is 2.41 bits per heavy atom. The van der Waals surface area contributed by atoms with Crippen molar-refractivity contribution in [3.63, 3.8) is 0 Å². The Morgan fingerprint density at radius 1 is 1.12 bits per heavy atom. The molecule has 0 spiro atoms. The highest BCUT2D eigenvalue weighted by atomic mass is 32.2. The molecule has 0 saturated carbocycles. The van der Waals surface area contributed by atoms with Crippen molar-refractivity contribution in [2.75, 3.05) is 6.54 Å². The molecule has 2 saturated heterocycles. The van der Waals surface area contributed by atoms with Gasteiger partial charge in [0, 0.05) is 18.7 Å². The van der Waals surface area contributed by atoms with Crippen molar-refractivity contribution in [3.8, 4) is 0 Å². The normalized spacial score (nSPS) is 22.6. The zero-order chi connectivity index (χ0) is 24.7. The minimum absolute atomic E-state index is 0.0223. The number of hydrogen-bond acceptors (Lipinski definition) is 4. The van der Waals surface area contributed by atoms with E-state index in [-0.39, 0.29) is 12.5 Å². The van der Waals surface area contributed by atoms with E-state index in [1.807, 2.05) is 27.7 Å². The molecule has 2 aromatic carbocycles. The summed E-state index contributed by atoms with van der Waals surface area (Å²) >= 11 is 0. The molecule has 4 rings (SSSR count). The number of carbonyl (C=O) groups is 1. The fraction of sp³-hybridized carbons (Fsp3) is 0.458. The van der Waals surface area contributed by atoms with Gasteiger partial charge in [-0.25, -0.2) is 17.3 Å². The Hall–Kier alpha value is -2.14. The van der Waals surface area contributed by atoms with Crippen LogP contribution < -0.4 is 10.8 Å². The lowest BCUT2D eigenvalue weighted by Gasteiger charge is -2.32. The van der Waals surface area contributed by atoms with E-state index < -0.39 is 47.0 Å². The number of nitrogens with zero attached hydrogens (tertiary/aromatic N) is 1. The highest BCUT2D eigenvalue weighted by Gasteiger charge is 2.51. The van der Waals surface area contributed by atoms with Crippen LogP contribution in [-0.2, 0) is 31.6 Å². The van der Waals surface area contributed by atoms with Crippen molar-refractivity contribution in [2.24, 2.45) is 0 Å².